The second-order valence-electron chi connectivity index (χ2n) is 5.07. The Balaban J connectivity index is 2.09. The van der Waals surface area contributed by atoms with E-state index in [4.69, 9.17) is 14.3 Å². The van der Waals surface area contributed by atoms with Gasteiger partial charge in [-0.15, -0.1) is 0 Å². The SMILES string of the molecule is COc1ccc(C2=NO[C@@H](C(=O)NC(C)C)C2)cc1OC. The minimum atomic E-state index is -0.574. The molecule has 6 nitrogen and oxygen atoms in total. The maximum absolute atomic E-state index is 11.9. The third-order valence-electron chi connectivity index (χ3n) is 3.11. The Morgan fingerprint density at radius 1 is 1.33 bits per heavy atom. The molecule has 2 rings (SSSR count). The number of ether oxygens (including phenoxy) is 2. The van der Waals surface area contributed by atoms with Crippen molar-refractivity contribution < 1.29 is 19.1 Å². The fourth-order valence-electron chi connectivity index (χ4n) is 2.08. The molecule has 21 heavy (non-hydrogen) atoms. The highest BCUT2D eigenvalue weighted by molar-refractivity contribution is 6.04. The summed E-state index contributed by atoms with van der Waals surface area (Å²) in [7, 11) is 3.16. The van der Waals surface area contributed by atoms with E-state index in [0.29, 0.717) is 17.9 Å². The number of methoxy groups -OCH3 is 2. The Bertz CT molecular complexity index is 555. The summed E-state index contributed by atoms with van der Waals surface area (Å²) in [5.74, 6) is 1.12. The molecule has 0 spiro atoms. The molecule has 0 saturated heterocycles. The molecule has 1 aromatic carbocycles. The molecular formula is C15H20N2O4. The lowest BCUT2D eigenvalue weighted by atomic mass is 10.0. The van der Waals surface area contributed by atoms with Crippen LogP contribution in [0.1, 0.15) is 25.8 Å². The minimum Gasteiger partial charge on any atom is -0.493 e. The van der Waals surface area contributed by atoms with Gasteiger partial charge in [-0.2, -0.15) is 0 Å². The molecule has 0 fully saturated rings. The summed E-state index contributed by atoms with van der Waals surface area (Å²) in [6, 6.07) is 5.57. The summed E-state index contributed by atoms with van der Waals surface area (Å²) in [5, 5.41) is 6.82. The van der Waals surface area contributed by atoms with E-state index in [2.05, 4.69) is 10.5 Å². The standard InChI is InChI=1S/C15H20N2O4/c1-9(2)16-15(18)14-8-11(17-21-14)10-5-6-12(19-3)13(7-10)20-4/h5-7,9,14H,8H2,1-4H3,(H,16,18)/t14-/m1/s1. The first-order valence-corrected chi connectivity index (χ1v) is 6.80. The van der Waals surface area contributed by atoms with Gasteiger partial charge in [-0.05, 0) is 32.0 Å². The van der Waals surface area contributed by atoms with Crippen molar-refractivity contribution in [2.24, 2.45) is 5.16 Å². The third-order valence-corrected chi connectivity index (χ3v) is 3.11. The van der Waals surface area contributed by atoms with Gasteiger partial charge in [0.15, 0.2) is 11.5 Å². The predicted octanol–water partition coefficient (Wildman–Crippen LogP) is 1.72. The Morgan fingerprint density at radius 3 is 2.67 bits per heavy atom. The Kier molecular flexibility index (Phi) is 4.67. The van der Waals surface area contributed by atoms with Crippen LogP contribution in [0.25, 0.3) is 0 Å². The van der Waals surface area contributed by atoms with Crippen molar-refractivity contribution in [3.05, 3.63) is 23.8 Å². The molecule has 1 atom stereocenters. The van der Waals surface area contributed by atoms with E-state index in [1.54, 1.807) is 20.3 Å². The molecule has 0 bridgehead atoms. The number of rotatable bonds is 5. The summed E-state index contributed by atoms with van der Waals surface area (Å²) in [6.45, 7) is 3.81. The largest absolute Gasteiger partial charge is 0.493 e. The lowest BCUT2D eigenvalue weighted by Crippen LogP contribution is -2.38. The van der Waals surface area contributed by atoms with Crippen molar-refractivity contribution in [3.8, 4) is 11.5 Å². The fourth-order valence-corrected chi connectivity index (χ4v) is 2.08. The Labute approximate surface area is 124 Å². The van der Waals surface area contributed by atoms with Crippen molar-refractivity contribution in [2.45, 2.75) is 32.4 Å². The first kappa shape index (κ1) is 15.2. The van der Waals surface area contributed by atoms with Crippen LogP contribution in [-0.2, 0) is 9.63 Å². The number of benzene rings is 1. The van der Waals surface area contributed by atoms with Crippen LogP contribution < -0.4 is 14.8 Å². The zero-order valence-corrected chi connectivity index (χ0v) is 12.7. The molecule has 0 aromatic heterocycles. The van der Waals surface area contributed by atoms with Gasteiger partial charge in [0.25, 0.3) is 5.91 Å². The maximum atomic E-state index is 11.9. The van der Waals surface area contributed by atoms with Crippen molar-refractivity contribution >= 4 is 11.6 Å². The van der Waals surface area contributed by atoms with Gasteiger partial charge in [0.05, 0.1) is 19.9 Å². The first-order chi connectivity index (χ1) is 10.0. The minimum absolute atomic E-state index is 0.0752. The third kappa shape index (κ3) is 3.45. The summed E-state index contributed by atoms with van der Waals surface area (Å²) in [5.41, 5.74) is 1.58. The maximum Gasteiger partial charge on any atom is 0.264 e. The zero-order chi connectivity index (χ0) is 15.4. The van der Waals surface area contributed by atoms with Crippen LogP contribution in [0.2, 0.25) is 0 Å². The number of nitrogens with zero attached hydrogens (tertiary/aromatic N) is 1. The highest BCUT2D eigenvalue weighted by Crippen LogP contribution is 2.29. The summed E-state index contributed by atoms with van der Waals surface area (Å²) in [4.78, 5) is 17.1. The highest BCUT2D eigenvalue weighted by Gasteiger charge is 2.29. The van der Waals surface area contributed by atoms with E-state index >= 15 is 0 Å². The second-order valence-corrected chi connectivity index (χ2v) is 5.07. The number of nitrogens with one attached hydrogen (secondary N) is 1. The molecule has 0 saturated carbocycles. The van der Waals surface area contributed by atoms with E-state index in [0.717, 1.165) is 11.3 Å². The van der Waals surface area contributed by atoms with Crippen LogP contribution in [-0.4, -0.2) is 38.0 Å². The van der Waals surface area contributed by atoms with Crippen molar-refractivity contribution in [3.63, 3.8) is 0 Å². The molecule has 1 aromatic rings. The van der Waals surface area contributed by atoms with Crippen LogP contribution in [0.15, 0.2) is 23.4 Å². The lowest BCUT2D eigenvalue weighted by molar-refractivity contribution is -0.131. The van der Waals surface area contributed by atoms with Gasteiger partial charge in [0.1, 0.15) is 0 Å². The topological polar surface area (TPSA) is 69.2 Å². The molecule has 1 aliphatic rings. The van der Waals surface area contributed by atoms with Crippen molar-refractivity contribution in [1.82, 2.24) is 5.32 Å². The lowest BCUT2D eigenvalue weighted by Gasteiger charge is -2.12. The monoisotopic (exact) mass is 292 g/mol. The molecule has 0 aliphatic carbocycles. The number of carbonyl (C=O) groups excluding carboxylic acids is 1. The Hall–Kier alpha value is -2.24. The van der Waals surface area contributed by atoms with Crippen LogP contribution in [0.3, 0.4) is 0 Å². The van der Waals surface area contributed by atoms with Gasteiger partial charge in [0.2, 0.25) is 6.10 Å². The molecule has 1 amide bonds. The van der Waals surface area contributed by atoms with Crippen LogP contribution in [0.5, 0.6) is 11.5 Å². The number of hydrogen-bond donors (Lipinski definition) is 1. The summed E-state index contributed by atoms with van der Waals surface area (Å²) >= 11 is 0. The van der Waals surface area contributed by atoms with E-state index in [9.17, 15) is 4.79 Å². The second kappa shape index (κ2) is 6.47. The van der Waals surface area contributed by atoms with Crippen LogP contribution >= 0.6 is 0 Å². The molecule has 1 aliphatic heterocycles. The molecule has 1 heterocycles. The van der Waals surface area contributed by atoms with Crippen LogP contribution in [0.4, 0.5) is 0 Å². The van der Waals surface area contributed by atoms with Crippen molar-refractivity contribution in [1.29, 1.82) is 0 Å². The van der Waals surface area contributed by atoms with E-state index < -0.39 is 6.10 Å². The fraction of sp³-hybridized carbons (Fsp3) is 0.467. The summed E-state index contributed by atoms with van der Waals surface area (Å²) in [6.07, 6.45) is -0.135. The predicted molar refractivity (Wildman–Crippen MR) is 78.9 cm³/mol. The normalized spacial score (nSPS) is 17.2. The van der Waals surface area contributed by atoms with Gasteiger partial charge in [-0.1, -0.05) is 5.16 Å². The number of oxime groups is 1. The molecule has 0 radical (unpaired) electrons. The van der Waals surface area contributed by atoms with Gasteiger partial charge in [0, 0.05) is 18.0 Å². The van der Waals surface area contributed by atoms with E-state index in [-0.39, 0.29) is 11.9 Å². The molecule has 6 heteroatoms. The smallest absolute Gasteiger partial charge is 0.264 e. The number of hydrogen-bond acceptors (Lipinski definition) is 5. The quantitative estimate of drug-likeness (QED) is 0.897. The number of amides is 1. The van der Waals surface area contributed by atoms with Gasteiger partial charge < -0.3 is 19.6 Å². The van der Waals surface area contributed by atoms with Crippen molar-refractivity contribution in [2.75, 3.05) is 14.2 Å². The van der Waals surface area contributed by atoms with Gasteiger partial charge >= 0.3 is 0 Å². The van der Waals surface area contributed by atoms with Gasteiger partial charge in [-0.25, -0.2) is 0 Å². The zero-order valence-electron chi connectivity index (χ0n) is 12.7. The van der Waals surface area contributed by atoms with E-state index in [1.807, 2.05) is 26.0 Å². The molecule has 1 N–H and O–H groups in total. The first-order valence-electron chi connectivity index (χ1n) is 6.80. The highest BCUT2D eigenvalue weighted by atomic mass is 16.6. The molecular weight excluding hydrogens is 272 g/mol. The molecule has 114 valence electrons. The average molecular weight is 292 g/mol. The van der Waals surface area contributed by atoms with Gasteiger partial charge in [-0.3, -0.25) is 4.79 Å². The van der Waals surface area contributed by atoms with Crippen LogP contribution in [0, 0.1) is 0 Å². The number of carbonyl (C=O) groups is 1. The molecule has 0 unspecified atom stereocenters. The Morgan fingerprint density at radius 2 is 2.05 bits per heavy atom. The summed E-state index contributed by atoms with van der Waals surface area (Å²) < 4.78 is 10.5. The average Bonchev–Trinajstić information content (AvgIpc) is 2.95. The van der Waals surface area contributed by atoms with E-state index in [1.165, 1.54) is 0 Å².